The van der Waals surface area contributed by atoms with Crippen molar-refractivity contribution in [2.75, 3.05) is 26.2 Å². The fraction of sp³-hybridized carbons (Fsp3) is 0.556. The molecule has 0 saturated heterocycles. The Morgan fingerprint density at radius 3 is 2.50 bits per heavy atom. The summed E-state index contributed by atoms with van der Waals surface area (Å²) < 4.78 is 7.53. The van der Waals surface area contributed by atoms with Gasteiger partial charge in [-0.05, 0) is 37.7 Å². The molecular formula is C18H29N5O. The third-order valence-electron chi connectivity index (χ3n) is 4.17. The van der Waals surface area contributed by atoms with Gasteiger partial charge in [0.15, 0.2) is 0 Å². The molecule has 0 amide bonds. The maximum absolute atomic E-state index is 5.81. The second-order valence-corrected chi connectivity index (χ2v) is 5.94. The number of likely N-dealkylation sites (N-methyl/N-ethyl adjacent to an activating group) is 1. The van der Waals surface area contributed by atoms with Gasteiger partial charge in [-0.2, -0.15) is 0 Å². The van der Waals surface area contributed by atoms with Crippen molar-refractivity contribution in [2.24, 2.45) is 7.05 Å². The molecule has 0 bridgehead atoms. The van der Waals surface area contributed by atoms with E-state index in [0.717, 1.165) is 44.2 Å². The Balaban J connectivity index is 1.75. The lowest BCUT2D eigenvalue weighted by atomic mass is 10.2. The van der Waals surface area contributed by atoms with E-state index in [1.807, 2.05) is 25.4 Å². The minimum absolute atomic E-state index is 0.170. The van der Waals surface area contributed by atoms with Crippen LogP contribution in [0.4, 0.5) is 0 Å². The normalized spacial score (nSPS) is 12.5. The summed E-state index contributed by atoms with van der Waals surface area (Å²) in [6.07, 6.45) is 1.94. The second kappa shape index (κ2) is 9.39. The molecule has 1 aromatic carbocycles. The topological polar surface area (TPSA) is 55.2 Å². The Hall–Kier alpha value is -1.92. The Kier molecular flexibility index (Phi) is 7.21. The summed E-state index contributed by atoms with van der Waals surface area (Å²) in [6, 6.07) is 8.44. The molecule has 0 saturated carbocycles. The third kappa shape index (κ3) is 5.62. The number of rotatable bonds is 10. The number of hydrogen-bond acceptors (Lipinski definition) is 5. The van der Waals surface area contributed by atoms with Gasteiger partial charge < -0.3 is 15.0 Å². The van der Waals surface area contributed by atoms with Gasteiger partial charge in [0.05, 0.1) is 11.7 Å². The summed E-state index contributed by atoms with van der Waals surface area (Å²) in [5.74, 6) is 0.924. The second-order valence-electron chi connectivity index (χ2n) is 5.94. The molecule has 1 heterocycles. The first-order valence-electron chi connectivity index (χ1n) is 8.66. The van der Waals surface area contributed by atoms with Crippen LogP contribution in [0.5, 0.6) is 5.75 Å². The van der Waals surface area contributed by atoms with Crippen molar-refractivity contribution in [2.45, 2.75) is 33.4 Å². The number of aromatic nitrogens is 3. The molecule has 2 aromatic rings. The van der Waals surface area contributed by atoms with E-state index in [4.69, 9.17) is 4.74 Å². The number of hydrogen-bond donors (Lipinski definition) is 1. The van der Waals surface area contributed by atoms with E-state index in [-0.39, 0.29) is 6.04 Å². The van der Waals surface area contributed by atoms with E-state index >= 15 is 0 Å². The van der Waals surface area contributed by atoms with Crippen LogP contribution in [-0.2, 0) is 13.6 Å². The summed E-state index contributed by atoms with van der Waals surface area (Å²) >= 11 is 0. The highest BCUT2D eigenvalue weighted by Crippen LogP contribution is 2.14. The minimum atomic E-state index is 0.170. The lowest BCUT2D eigenvalue weighted by molar-refractivity contribution is 0.223. The predicted octanol–water partition coefficient (Wildman–Crippen LogP) is 2.39. The van der Waals surface area contributed by atoms with Crippen LogP contribution in [0.15, 0.2) is 30.5 Å². The lowest BCUT2D eigenvalue weighted by Crippen LogP contribution is -2.27. The quantitative estimate of drug-likeness (QED) is 0.724. The van der Waals surface area contributed by atoms with E-state index in [0.29, 0.717) is 0 Å². The fourth-order valence-corrected chi connectivity index (χ4v) is 2.48. The Morgan fingerprint density at radius 1 is 1.21 bits per heavy atom. The molecular weight excluding hydrogens is 302 g/mol. The molecule has 1 N–H and O–H groups in total. The van der Waals surface area contributed by atoms with Gasteiger partial charge in [0.25, 0.3) is 0 Å². The monoisotopic (exact) mass is 331 g/mol. The minimum Gasteiger partial charge on any atom is -0.492 e. The molecule has 0 fully saturated rings. The van der Waals surface area contributed by atoms with Gasteiger partial charge in [-0.25, -0.2) is 0 Å². The summed E-state index contributed by atoms with van der Waals surface area (Å²) in [4.78, 5) is 2.35. The molecule has 132 valence electrons. The number of benzene rings is 1. The standard InChI is InChI=1S/C18H29N5O/c1-5-23(6-2)11-12-24-17-9-7-16(8-10-17)13-19-15(3)18-14-22(4)21-20-18/h7-10,14-15,19H,5-6,11-13H2,1-4H3. The van der Waals surface area contributed by atoms with Crippen molar-refractivity contribution >= 4 is 0 Å². The summed E-state index contributed by atoms with van der Waals surface area (Å²) in [7, 11) is 1.88. The fourth-order valence-electron chi connectivity index (χ4n) is 2.48. The molecule has 1 atom stereocenters. The lowest BCUT2D eigenvalue weighted by Gasteiger charge is -2.18. The van der Waals surface area contributed by atoms with E-state index < -0.39 is 0 Å². The Bertz CT molecular complexity index is 592. The van der Waals surface area contributed by atoms with Gasteiger partial charge in [-0.15, -0.1) is 5.10 Å². The van der Waals surface area contributed by atoms with Crippen LogP contribution < -0.4 is 10.1 Å². The van der Waals surface area contributed by atoms with E-state index in [1.54, 1.807) is 4.68 Å². The average molecular weight is 331 g/mol. The van der Waals surface area contributed by atoms with Gasteiger partial charge >= 0.3 is 0 Å². The van der Waals surface area contributed by atoms with E-state index in [9.17, 15) is 0 Å². The zero-order valence-electron chi connectivity index (χ0n) is 15.2. The van der Waals surface area contributed by atoms with Gasteiger partial charge in [-0.3, -0.25) is 4.68 Å². The van der Waals surface area contributed by atoms with Crippen molar-refractivity contribution in [1.29, 1.82) is 0 Å². The van der Waals surface area contributed by atoms with Gasteiger partial charge in [0.1, 0.15) is 12.4 Å². The molecule has 0 aliphatic rings. The third-order valence-corrected chi connectivity index (χ3v) is 4.17. The highest BCUT2D eigenvalue weighted by atomic mass is 16.5. The van der Waals surface area contributed by atoms with E-state index in [1.165, 1.54) is 5.56 Å². The van der Waals surface area contributed by atoms with Crippen LogP contribution in [0, 0.1) is 0 Å². The maximum atomic E-state index is 5.81. The molecule has 24 heavy (non-hydrogen) atoms. The van der Waals surface area contributed by atoms with Crippen LogP contribution >= 0.6 is 0 Å². The van der Waals surface area contributed by atoms with Crippen molar-refractivity contribution in [3.05, 3.63) is 41.7 Å². The Morgan fingerprint density at radius 2 is 1.92 bits per heavy atom. The van der Waals surface area contributed by atoms with Crippen LogP contribution in [0.25, 0.3) is 0 Å². The number of aryl methyl sites for hydroxylation is 1. The highest BCUT2D eigenvalue weighted by Gasteiger charge is 2.08. The van der Waals surface area contributed by atoms with Crippen molar-refractivity contribution in [1.82, 2.24) is 25.2 Å². The first kappa shape index (κ1) is 18.4. The molecule has 0 radical (unpaired) electrons. The van der Waals surface area contributed by atoms with Crippen molar-refractivity contribution in [3.8, 4) is 5.75 Å². The van der Waals surface area contributed by atoms with Gasteiger partial charge in [0, 0.05) is 26.3 Å². The zero-order valence-corrected chi connectivity index (χ0v) is 15.2. The largest absolute Gasteiger partial charge is 0.492 e. The average Bonchev–Trinajstić information content (AvgIpc) is 3.04. The summed E-state index contributed by atoms with van der Waals surface area (Å²) in [6.45, 7) is 11.0. The van der Waals surface area contributed by atoms with Gasteiger partial charge in [-0.1, -0.05) is 31.2 Å². The molecule has 6 nitrogen and oxygen atoms in total. The Labute approximate surface area is 144 Å². The van der Waals surface area contributed by atoms with Crippen molar-refractivity contribution < 1.29 is 4.74 Å². The smallest absolute Gasteiger partial charge is 0.119 e. The summed E-state index contributed by atoms with van der Waals surface area (Å²) in [5, 5.41) is 11.6. The van der Waals surface area contributed by atoms with Crippen LogP contribution in [0.1, 0.15) is 38.1 Å². The van der Waals surface area contributed by atoms with Gasteiger partial charge in [0.2, 0.25) is 0 Å². The summed E-state index contributed by atoms with van der Waals surface area (Å²) in [5.41, 5.74) is 2.18. The molecule has 1 aromatic heterocycles. The van der Waals surface area contributed by atoms with Crippen molar-refractivity contribution in [3.63, 3.8) is 0 Å². The van der Waals surface area contributed by atoms with E-state index in [2.05, 4.69) is 53.4 Å². The SMILES string of the molecule is CCN(CC)CCOc1ccc(CNC(C)c2cn(C)nn2)cc1. The highest BCUT2D eigenvalue weighted by molar-refractivity contribution is 5.27. The molecule has 0 aliphatic carbocycles. The van der Waals surface area contributed by atoms with Crippen LogP contribution in [0.2, 0.25) is 0 Å². The number of ether oxygens (including phenoxy) is 1. The number of nitrogens with one attached hydrogen (secondary N) is 1. The first-order chi connectivity index (χ1) is 11.6. The molecule has 2 rings (SSSR count). The molecule has 1 unspecified atom stereocenters. The first-order valence-corrected chi connectivity index (χ1v) is 8.66. The number of nitrogens with zero attached hydrogens (tertiary/aromatic N) is 4. The van der Waals surface area contributed by atoms with Crippen LogP contribution in [0.3, 0.4) is 0 Å². The predicted molar refractivity (Wildman–Crippen MR) is 96.0 cm³/mol. The molecule has 0 spiro atoms. The van der Waals surface area contributed by atoms with Crippen LogP contribution in [-0.4, -0.2) is 46.1 Å². The molecule has 6 heteroatoms. The zero-order chi connectivity index (χ0) is 17.4. The molecule has 0 aliphatic heterocycles. The maximum Gasteiger partial charge on any atom is 0.119 e.